The summed E-state index contributed by atoms with van der Waals surface area (Å²) in [6.07, 6.45) is 0.840. The molecule has 1 saturated heterocycles. The fourth-order valence-corrected chi connectivity index (χ4v) is 5.00. The molecule has 0 aromatic heterocycles. The standard InChI is InChI=1S/C22H25FN2O6S/c1-30-17-7-9-18(10-8-17)32(28,29)25(20-6-4-3-5-19(20)23)15-21(26)24-13-11-16(12-14-24)22(27)31-2/h3-10,16H,11-15H2,1-2H3. The lowest BCUT2D eigenvalue weighted by atomic mass is 9.97. The summed E-state index contributed by atoms with van der Waals surface area (Å²) in [6.45, 7) is -0.00320. The van der Waals surface area contributed by atoms with E-state index in [-0.39, 0.29) is 35.6 Å². The number of ether oxygens (including phenoxy) is 2. The van der Waals surface area contributed by atoms with Crippen molar-refractivity contribution in [2.24, 2.45) is 5.92 Å². The number of anilines is 1. The molecule has 1 aliphatic heterocycles. The fraction of sp³-hybridized carbons (Fsp3) is 0.364. The largest absolute Gasteiger partial charge is 0.497 e. The van der Waals surface area contributed by atoms with Gasteiger partial charge in [0.25, 0.3) is 10.0 Å². The van der Waals surface area contributed by atoms with Gasteiger partial charge in [0.15, 0.2) is 0 Å². The molecule has 0 bridgehead atoms. The van der Waals surface area contributed by atoms with Crippen LogP contribution < -0.4 is 9.04 Å². The summed E-state index contributed by atoms with van der Waals surface area (Å²) >= 11 is 0. The third kappa shape index (κ3) is 5.01. The second-order valence-corrected chi connectivity index (χ2v) is 9.18. The molecule has 0 radical (unpaired) electrons. The van der Waals surface area contributed by atoms with Crippen LogP contribution in [0.15, 0.2) is 53.4 Å². The number of para-hydroxylation sites is 1. The van der Waals surface area contributed by atoms with Crippen LogP contribution in [0.3, 0.4) is 0 Å². The maximum absolute atomic E-state index is 14.6. The molecule has 1 amide bonds. The molecule has 1 heterocycles. The lowest BCUT2D eigenvalue weighted by molar-refractivity contribution is -0.148. The number of rotatable bonds is 7. The van der Waals surface area contributed by atoms with Gasteiger partial charge in [-0.15, -0.1) is 0 Å². The predicted molar refractivity (Wildman–Crippen MR) is 115 cm³/mol. The third-order valence-electron chi connectivity index (χ3n) is 5.43. The number of hydrogen-bond acceptors (Lipinski definition) is 6. The second kappa shape index (κ2) is 9.99. The SMILES string of the molecule is COC(=O)C1CCN(C(=O)CN(c2ccccc2F)S(=O)(=O)c2ccc(OC)cc2)CC1. The zero-order valence-corrected chi connectivity index (χ0v) is 18.7. The monoisotopic (exact) mass is 464 g/mol. The van der Waals surface area contributed by atoms with E-state index in [1.165, 1.54) is 61.6 Å². The number of amides is 1. The quantitative estimate of drug-likeness (QED) is 0.585. The highest BCUT2D eigenvalue weighted by molar-refractivity contribution is 7.92. The molecule has 32 heavy (non-hydrogen) atoms. The molecular formula is C22H25FN2O6S. The van der Waals surface area contributed by atoms with Gasteiger partial charge in [-0.25, -0.2) is 12.8 Å². The number of sulfonamides is 1. The van der Waals surface area contributed by atoms with Crippen molar-refractivity contribution in [3.8, 4) is 5.75 Å². The number of carbonyl (C=O) groups excluding carboxylic acids is 2. The van der Waals surface area contributed by atoms with Crippen LogP contribution in [0.4, 0.5) is 10.1 Å². The van der Waals surface area contributed by atoms with Crippen molar-refractivity contribution in [2.75, 3.05) is 38.2 Å². The first-order chi connectivity index (χ1) is 15.3. The van der Waals surface area contributed by atoms with Crippen molar-refractivity contribution >= 4 is 27.6 Å². The first-order valence-corrected chi connectivity index (χ1v) is 11.5. The number of nitrogens with zero attached hydrogens (tertiary/aromatic N) is 2. The summed E-state index contributed by atoms with van der Waals surface area (Å²) in [5.41, 5.74) is -0.221. The Morgan fingerprint density at radius 3 is 2.25 bits per heavy atom. The Morgan fingerprint density at radius 2 is 1.69 bits per heavy atom. The van der Waals surface area contributed by atoms with Gasteiger partial charge < -0.3 is 14.4 Å². The molecule has 1 aliphatic rings. The van der Waals surface area contributed by atoms with E-state index in [0.29, 0.717) is 18.6 Å². The first kappa shape index (κ1) is 23.5. The molecule has 0 atom stereocenters. The van der Waals surface area contributed by atoms with E-state index in [0.717, 1.165) is 10.4 Å². The van der Waals surface area contributed by atoms with Gasteiger partial charge in [-0.3, -0.25) is 13.9 Å². The Hall–Kier alpha value is -3.14. The lowest BCUT2D eigenvalue weighted by Gasteiger charge is -2.33. The van der Waals surface area contributed by atoms with Crippen molar-refractivity contribution < 1.29 is 31.9 Å². The van der Waals surface area contributed by atoms with E-state index in [1.54, 1.807) is 0 Å². The number of esters is 1. The molecule has 10 heteroatoms. The normalized spacial score (nSPS) is 14.7. The van der Waals surface area contributed by atoms with Crippen molar-refractivity contribution in [1.82, 2.24) is 4.90 Å². The third-order valence-corrected chi connectivity index (χ3v) is 7.20. The van der Waals surface area contributed by atoms with Gasteiger partial charge in [0, 0.05) is 13.1 Å². The van der Waals surface area contributed by atoms with Gasteiger partial charge in [0.2, 0.25) is 5.91 Å². The van der Waals surface area contributed by atoms with Gasteiger partial charge in [0.1, 0.15) is 18.1 Å². The molecule has 0 spiro atoms. The zero-order valence-electron chi connectivity index (χ0n) is 17.9. The number of benzene rings is 2. The average Bonchev–Trinajstić information content (AvgIpc) is 2.82. The minimum atomic E-state index is -4.25. The van der Waals surface area contributed by atoms with Crippen molar-refractivity contribution in [1.29, 1.82) is 0 Å². The maximum atomic E-state index is 14.6. The van der Waals surface area contributed by atoms with Crippen LogP contribution in [-0.4, -0.2) is 59.0 Å². The van der Waals surface area contributed by atoms with Crippen LogP contribution in [0.1, 0.15) is 12.8 Å². The molecule has 0 aliphatic carbocycles. The smallest absolute Gasteiger partial charge is 0.308 e. The predicted octanol–water partition coefficient (Wildman–Crippen LogP) is 2.44. The molecule has 172 valence electrons. The van der Waals surface area contributed by atoms with Gasteiger partial charge in [-0.05, 0) is 49.2 Å². The highest BCUT2D eigenvalue weighted by Crippen LogP contribution is 2.28. The van der Waals surface area contributed by atoms with Crippen LogP contribution in [-0.2, 0) is 24.3 Å². The van der Waals surface area contributed by atoms with Gasteiger partial charge >= 0.3 is 5.97 Å². The summed E-state index contributed by atoms with van der Waals surface area (Å²) in [5, 5.41) is 0. The maximum Gasteiger partial charge on any atom is 0.308 e. The van der Waals surface area contributed by atoms with E-state index in [4.69, 9.17) is 9.47 Å². The first-order valence-electron chi connectivity index (χ1n) is 10.0. The molecule has 1 fully saturated rings. The number of halogens is 1. The number of likely N-dealkylation sites (tertiary alicyclic amines) is 1. The topological polar surface area (TPSA) is 93.2 Å². The lowest BCUT2D eigenvalue weighted by Crippen LogP contribution is -2.47. The highest BCUT2D eigenvalue weighted by Gasteiger charge is 2.33. The summed E-state index contributed by atoms with van der Waals surface area (Å²) in [5.74, 6) is -1.40. The molecule has 0 unspecified atom stereocenters. The Kier molecular flexibility index (Phi) is 7.34. The number of methoxy groups -OCH3 is 2. The Morgan fingerprint density at radius 1 is 1.06 bits per heavy atom. The Balaban J connectivity index is 1.86. The fourth-order valence-electron chi connectivity index (χ4n) is 3.58. The number of piperidine rings is 1. The summed E-state index contributed by atoms with van der Waals surface area (Å²) in [6, 6.07) is 11.0. The summed E-state index contributed by atoms with van der Waals surface area (Å²) < 4.78 is 51.9. The summed E-state index contributed by atoms with van der Waals surface area (Å²) in [4.78, 5) is 26.1. The Bertz CT molecular complexity index is 1070. The molecular weight excluding hydrogens is 439 g/mol. The molecule has 3 rings (SSSR count). The van der Waals surface area contributed by atoms with Crippen molar-refractivity contribution in [2.45, 2.75) is 17.7 Å². The van der Waals surface area contributed by atoms with Crippen LogP contribution in [0, 0.1) is 11.7 Å². The molecule has 0 N–H and O–H groups in total. The van der Waals surface area contributed by atoms with E-state index >= 15 is 0 Å². The molecule has 2 aromatic rings. The highest BCUT2D eigenvalue weighted by atomic mass is 32.2. The van der Waals surface area contributed by atoms with Crippen molar-refractivity contribution in [3.63, 3.8) is 0 Å². The Labute approximate surface area is 186 Å². The average molecular weight is 465 g/mol. The van der Waals surface area contributed by atoms with E-state index < -0.39 is 28.3 Å². The molecule has 0 saturated carbocycles. The van der Waals surface area contributed by atoms with Crippen LogP contribution >= 0.6 is 0 Å². The van der Waals surface area contributed by atoms with Crippen LogP contribution in [0.2, 0.25) is 0 Å². The second-order valence-electron chi connectivity index (χ2n) is 7.32. The van der Waals surface area contributed by atoms with E-state index in [2.05, 4.69) is 0 Å². The van der Waals surface area contributed by atoms with Crippen LogP contribution in [0.5, 0.6) is 5.75 Å². The van der Waals surface area contributed by atoms with Gasteiger partial charge in [-0.2, -0.15) is 0 Å². The molecule has 8 nitrogen and oxygen atoms in total. The van der Waals surface area contributed by atoms with Crippen molar-refractivity contribution in [3.05, 3.63) is 54.3 Å². The zero-order chi connectivity index (χ0) is 23.3. The number of carbonyl (C=O) groups is 2. The van der Waals surface area contributed by atoms with Crippen LogP contribution in [0.25, 0.3) is 0 Å². The minimum absolute atomic E-state index is 0.0984. The van der Waals surface area contributed by atoms with Gasteiger partial charge in [-0.1, -0.05) is 12.1 Å². The minimum Gasteiger partial charge on any atom is -0.497 e. The summed E-state index contributed by atoms with van der Waals surface area (Å²) in [7, 11) is -1.48. The number of hydrogen-bond donors (Lipinski definition) is 0. The molecule has 2 aromatic carbocycles. The van der Waals surface area contributed by atoms with E-state index in [1.807, 2.05) is 0 Å². The van der Waals surface area contributed by atoms with E-state index in [9.17, 15) is 22.4 Å². The van der Waals surface area contributed by atoms with Gasteiger partial charge in [0.05, 0.1) is 30.7 Å².